The number of nitrogens with zero attached hydrogens (tertiary/aromatic N) is 4. The summed E-state index contributed by atoms with van der Waals surface area (Å²) in [7, 11) is 0. The molecule has 2 fully saturated rings. The van der Waals surface area contributed by atoms with Gasteiger partial charge in [0, 0.05) is 44.0 Å². The Balaban J connectivity index is 1.59. The maximum atomic E-state index is 13.1. The van der Waals surface area contributed by atoms with Gasteiger partial charge >= 0.3 is 12.1 Å². The lowest BCUT2D eigenvalue weighted by Gasteiger charge is -2.30. The van der Waals surface area contributed by atoms with Gasteiger partial charge in [-0.2, -0.15) is 23.1 Å². The van der Waals surface area contributed by atoms with Crippen LogP contribution in [0, 0.1) is 6.92 Å². The average molecular weight is 551 g/mol. The number of piperazine rings is 1. The summed E-state index contributed by atoms with van der Waals surface area (Å²) >= 11 is 6.54. The van der Waals surface area contributed by atoms with Crippen molar-refractivity contribution in [3.63, 3.8) is 0 Å². The molecule has 1 aliphatic carbocycles. The van der Waals surface area contributed by atoms with Crippen molar-refractivity contribution in [3.8, 4) is 5.88 Å². The molecule has 13 heteroatoms. The number of rotatable bonds is 5. The molecule has 0 amide bonds. The summed E-state index contributed by atoms with van der Waals surface area (Å²) in [5, 5.41) is 6.78. The fraction of sp³-hybridized carbons (Fsp3) is 0.440. The number of ether oxygens (including phenoxy) is 1. The molecule has 2 aliphatic rings. The van der Waals surface area contributed by atoms with E-state index in [0.717, 1.165) is 57.5 Å². The molecule has 0 atom stereocenters. The Morgan fingerprint density at radius 2 is 1.87 bits per heavy atom. The number of aromatic nitrogens is 3. The minimum absolute atomic E-state index is 0.0757. The molecule has 0 bridgehead atoms. The van der Waals surface area contributed by atoms with Crippen LogP contribution in [0.3, 0.4) is 0 Å². The first kappa shape index (κ1) is 26.2. The van der Waals surface area contributed by atoms with E-state index < -0.39 is 18.0 Å². The van der Waals surface area contributed by atoms with Crippen LogP contribution < -0.4 is 25.8 Å². The van der Waals surface area contributed by atoms with Gasteiger partial charge in [-0.05, 0) is 43.5 Å². The topological polar surface area (TPSA) is 101 Å². The Morgan fingerprint density at radius 3 is 2.53 bits per heavy atom. The van der Waals surface area contributed by atoms with Crippen molar-refractivity contribution < 1.29 is 22.7 Å². The highest BCUT2D eigenvalue weighted by Crippen LogP contribution is 2.35. The first-order chi connectivity index (χ1) is 18.1. The van der Waals surface area contributed by atoms with Crippen LogP contribution in [0.1, 0.15) is 37.3 Å². The quantitative estimate of drug-likeness (QED) is 0.448. The number of hydrogen-bond acceptors (Lipinski definition) is 8. The average Bonchev–Trinajstić information content (AvgIpc) is 3.38. The summed E-state index contributed by atoms with van der Waals surface area (Å²) in [6.45, 7) is 4.81. The van der Waals surface area contributed by atoms with Gasteiger partial charge in [-0.1, -0.05) is 24.4 Å². The van der Waals surface area contributed by atoms with E-state index >= 15 is 0 Å². The predicted octanol–water partition coefficient (Wildman–Crippen LogP) is 4.49. The zero-order chi connectivity index (χ0) is 27.0. The number of aryl methyl sites for hydroxylation is 1. The molecule has 1 aromatic carbocycles. The van der Waals surface area contributed by atoms with Crippen molar-refractivity contribution in [2.75, 3.05) is 36.4 Å². The molecule has 1 saturated carbocycles. The number of carbonyl (C=O) groups excluding carboxylic acids is 1. The highest BCUT2D eigenvalue weighted by atomic mass is 35.5. The Morgan fingerprint density at radius 1 is 1.16 bits per heavy atom. The van der Waals surface area contributed by atoms with Gasteiger partial charge in [-0.15, -0.1) is 0 Å². The van der Waals surface area contributed by atoms with E-state index in [2.05, 4.69) is 25.5 Å². The SMILES string of the molecule is Cc1cc(=O)n(C2CCCC2)c2nc(Nc3ccc(N4CCNCC4)c(Cl)c3)nc(OC(=O)C(F)(F)F)c12. The van der Waals surface area contributed by atoms with Gasteiger partial charge in [0.05, 0.1) is 16.1 Å². The Bertz CT molecular complexity index is 1430. The fourth-order valence-corrected chi connectivity index (χ4v) is 5.35. The number of hydrogen-bond donors (Lipinski definition) is 2. The van der Waals surface area contributed by atoms with Crippen LogP contribution in [-0.2, 0) is 4.79 Å². The maximum Gasteiger partial charge on any atom is 0.491 e. The summed E-state index contributed by atoms with van der Waals surface area (Å²) in [6, 6.07) is 6.37. The Labute approximate surface area is 221 Å². The molecule has 202 valence electrons. The number of carbonyl (C=O) groups is 1. The van der Waals surface area contributed by atoms with Crippen LogP contribution in [0.4, 0.5) is 30.5 Å². The number of fused-ring (bicyclic) bond motifs is 1. The van der Waals surface area contributed by atoms with Gasteiger partial charge < -0.3 is 20.3 Å². The van der Waals surface area contributed by atoms with Crippen LogP contribution in [0.2, 0.25) is 5.02 Å². The molecule has 0 unspecified atom stereocenters. The van der Waals surface area contributed by atoms with Crippen molar-refractivity contribution in [3.05, 3.63) is 45.2 Å². The van der Waals surface area contributed by atoms with Crippen molar-refractivity contribution in [2.45, 2.75) is 44.8 Å². The number of nitrogens with one attached hydrogen (secondary N) is 2. The molecular weight excluding hydrogens is 525 g/mol. The number of benzene rings is 1. The minimum atomic E-state index is -5.23. The molecule has 1 saturated heterocycles. The highest BCUT2D eigenvalue weighted by molar-refractivity contribution is 6.33. The standard InChI is InChI=1S/C25H26ClF3N6O3/c1-14-12-19(36)35(16-4-2-3-5-16)21-20(14)22(38-23(37)25(27,28)29)33-24(32-21)31-15-6-7-18(17(26)13-15)34-10-8-30-9-11-34/h6-7,12-13,16,30H,2-5,8-11H2,1H3,(H,31,32,33). The Hall–Kier alpha value is -3.38. The smallest absolute Gasteiger partial charge is 0.400 e. The van der Waals surface area contributed by atoms with Crippen molar-refractivity contribution >= 4 is 45.9 Å². The van der Waals surface area contributed by atoms with Crippen LogP contribution in [0.15, 0.2) is 29.1 Å². The van der Waals surface area contributed by atoms with Crippen LogP contribution in [0.5, 0.6) is 5.88 Å². The molecular formula is C25H26ClF3N6O3. The monoisotopic (exact) mass is 550 g/mol. The normalized spacial score (nSPS) is 16.7. The number of anilines is 3. The lowest BCUT2D eigenvalue weighted by molar-refractivity contribution is -0.189. The van der Waals surface area contributed by atoms with E-state index in [0.29, 0.717) is 16.3 Å². The number of pyridine rings is 1. The van der Waals surface area contributed by atoms with Crippen LogP contribution >= 0.6 is 11.6 Å². The van der Waals surface area contributed by atoms with Crippen LogP contribution in [0.25, 0.3) is 11.0 Å². The number of alkyl halides is 3. The lowest BCUT2D eigenvalue weighted by atomic mass is 10.1. The lowest BCUT2D eigenvalue weighted by Crippen LogP contribution is -2.43. The third-order valence-electron chi connectivity index (χ3n) is 6.83. The van der Waals surface area contributed by atoms with Gasteiger partial charge in [-0.3, -0.25) is 9.36 Å². The highest BCUT2D eigenvalue weighted by Gasteiger charge is 2.42. The molecule has 1 aliphatic heterocycles. The van der Waals surface area contributed by atoms with E-state index in [1.807, 2.05) is 6.07 Å². The second kappa shape index (κ2) is 10.4. The first-order valence-corrected chi connectivity index (χ1v) is 12.7. The zero-order valence-corrected chi connectivity index (χ0v) is 21.3. The second-order valence-electron chi connectivity index (χ2n) is 9.44. The molecule has 0 spiro atoms. The van der Waals surface area contributed by atoms with E-state index in [-0.39, 0.29) is 28.6 Å². The predicted molar refractivity (Wildman–Crippen MR) is 138 cm³/mol. The first-order valence-electron chi connectivity index (χ1n) is 12.4. The van der Waals surface area contributed by atoms with Crippen molar-refractivity contribution in [2.24, 2.45) is 0 Å². The minimum Gasteiger partial charge on any atom is -0.400 e. The summed E-state index contributed by atoms with van der Waals surface area (Å²) in [5.74, 6) is -3.12. The van der Waals surface area contributed by atoms with Gasteiger partial charge in [-0.25, -0.2) is 4.79 Å². The summed E-state index contributed by atoms with van der Waals surface area (Å²) in [4.78, 5) is 35.5. The summed E-state index contributed by atoms with van der Waals surface area (Å²) in [6.07, 6.45) is -1.95. The zero-order valence-electron chi connectivity index (χ0n) is 20.6. The molecule has 0 radical (unpaired) electrons. The molecule has 5 rings (SSSR count). The maximum absolute atomic E-state index is 13.1. The van der Waals surface area contributed by atoms with Crippen LogP contribution in [-0.4, -0.2) is 52.9 Å². The largest absolute Gasteiger partial charge is 0.491 e. The molecule has 3 aromatic rings. The second-order valence-corrected chi connectivity index (χ2v) is 9.85. The molecule has 2 N–H and O–H groups in total. The van der Waals surface area contributed by atoms with E-state index in [4.69, 9.17) is 16.3 Å². The molecule has 38 heavy (non-hydrogen) atoms. The van der Waals surface area contributed by atoms with E-state index in [1.165, 1.54) is 10.6 Å². The molecule has 2 aromatic heterocycles. The summed E-state index contributed by atoms with van der Waals surface area (Å²) in [5.41, 5.74) is 1.41. The molecule has 3 heterocycles. The Kier molecular flexibility index (Phi) is 7.19. The van der Waals surface area contributed by atoms with Gasteiger partial charge in [0.2, 0.25) is 11.8 Å². The van der Waals surface area contributed by atoms with Gasteiger partial charge in [0.25, 0.3) is 5.56 Å². The number of esters is 1. The van der Waals surface area contributed by atoms with Gasteiger partial charge in [0.1, 0.15) is 0 Å². The fourth-order valence-electron chi connectivity index (χ4n) is 5.05. The van der Waals surface area contributed by atoms with Crippen molar-refractivity contribution in [1.29, 1.82) is 0 Å². The van der Waals surface area contributed by atoms with Gasteiger partial charge in [0.15, 0.2) is 5.65 Å². The molecule has 9 nitrogen and oxygen atoms in total. The summed E-state index contributed by atoms with van der Waals surface area (Å²) < 4.78 is 45.5. The van der Waals surface area contributed by atoms with Crippen molar-refractivity contribution in [1.82, 2.24) is 19.9 Å². The third kappa shape index (κ3) is 5.28. The third-order valence-corrected chi connectivity index (χ3v) is 7.13. The van der Waals surface area contributed by atoms with E-state index in [1.54, 1.807) is 19.1 Å². The van der Waals surface area contributed by atoms with E-state index in [9.17, 15) is 22.8 Å². The number of halogens is 4.